The fraction of sp³-hybridized carbons (Fsp3) is 0.556. The molecule has 1 aliphatic heterocycles. The number of nitrogens with zero attached hydrogens (tertiary/aromatic N) is 2. The van der Waals surface area contributed by atoms with E-state index in [0.29, 0.717) is 5.91 Å². The Kier molecular flexibility index (Phi) is 3.71. The van der Waals surface area contributed by atoms with E-state index in [2.05, 4.69) is 4.98 Å². The Labute approximate surface area is 135 Å². The zero-order valence-corrected chi connectivity index (χ0v) is 13.3. The predicted molar refractivity (Wildman–Crippen MR) is 89.4 cm³/mol. The summed E-state index contributed by atoms with van der Waals surface area (Å²) in [6, 6.07) is 8.01. The Morgan fingerprint density at radius 1 is 1.04 bits per heavy atom. The molecule has 2 heterocycles. The van der Waals surface area contributed by atoms with Gasteiger partial charge in [-0.2, -0.15) is 0 Å². The Morgan fingerprint density at radius 2 is 1.74 bits per heavy atom. The summed E-state index contributed by atoms with van der Waals surface area (Å²) >= 11 is 0. The third kappa shape index (κ3) is 2.58. The first-order chi connectivity index (χ1) is 11.2. The molecule has 1 amide bonds. The zero-order valence-electron chi connectivity index (χ0n) is 13.3. The minimum absolute atomic E-state index is 0.0354. The molecular formula is C18H23N3O2. The highest BCUT2D eigenvalue weighted by Gasteiger charge is 2.31. The molecular weight excluding hydrogens is 290 g/mol. The van der Waals surface area contributed by atoms with Crippen molar-refractivity contribution in [1.82, 2.24) is 14.5 Å². The van der Waals surface area contributed by atoms with Crippen molar-refractivity contribution in [1.29, 1.82) is 0 Å². The first-order valence-electron chi connectivity index (χ1n) is 8.72. The van der Waals surface area contributed by atoms with Crippen LogP contribution in [0.15, 0.2) is 29.1 Å². The number of hydrogen-bond donors (Lipinski definition) is 1. The molecule has 1 saturated carbocycles. The molecule has 4 rings (SSSR count). The SMILES string of the molecule is O=C(C1CCCC1)N1CCC(n2c(=O)[nH]c3ccccc32)CC1. The molecule has 2 fully saturated rings. The number of aromatic nitrogens is 2. The van der Waals surface area contributed by atoms with Gasteiger partial charge in [-0.25, -0.2) is 4.79 Å². The first kappa shape index (κ1) is 14.5. The molecule has 2 aromatic rings. The van der Waals surface area contributed by atoms with E-state index < -0.39 is 0 Å². The van der Waals surface area contributed by atoms with Gasteiger partial charge >= 0.3 is 5.69 Å². The van der Waals surface area contributed by atoms with Crippen LogP contribution in [-0.2, 0) is 4.79 Å². The fourth-order valence-corrected chi connectivity index (χ4v) is 4.21. The Morgan fingerprint density at radius 3 is 2.48 bits per heavy atom. The van der Waals surface area contributed by atoms with E-state index in [1.807, 2.05) is 33.7 Å². The highest BCUT2D eigenvalue weighted by molar-refractivity contribution is 5.79. The molecule has 0 atom stereocenters. The number of aromatic amines is 1. The van der Waals surface area contributed by atoms with Crippen molar-refractivity contribution in [3.05, 3.63) is 34.7 Å². The standard InChI is InChI=1S/C18H23N3O2/c22-17(13-5-1-2-6-13)20-11-9-14(10-12-20)21-16-8-4-3-7-15(16)19-18(21)23/h3-4,7-8,13-14H,1-2,5-6,9-12H2,(H,19,23). The molecule has 1 aromatic heterocycles. The minimum Gasteiger partial charge on any atom is -0.342 e. The van der Waals surface area contributed by atoms with Gasteiger partial charge in [-0.1, -0.05) is 25.0 Å². The lowest BCUT2D eigenvalue weighted by Crippen LogP contribution is -2.42. The van der Waals surface area contributed by atoms with E-state index in [4.69, 9.17) is 0 Å². The molecule has 1 aromatic carbocycles. The number of imidazole rings is 1. The van der Waals surface area contributed by atoms with Crippen LogP contribution < -0.4 is 5.69 Å². The molecule has 1 aliphatic carbocycles. The van der Waals surface area contributed by atoms with Gasteiger partial charge in [0, 0.05) is 25.0 Å². The fourth-order valence-electron chi connectivity index (χ4n) is 4.21. The maximum atomic E-state index is 12.5. The third-order valence-electron chi connectivity index (χ3n) is 5.47. The molecule has 5 heteroatoms. The molecule has 1 N–H and O–H groups in total. The van der Waals surface area contributed by atoms with Crippen LogP contribution in [0.4, 0.5) is 0 Å². The maximum absolute atomic E-state index is 12.5. The number of amides is 1. The van der Waals surface area contributed by atoms with Crippen LogP contribution in [-0.4, -0.2) is 33.4 Å². The molecule has 23 heavy (non-hydrogen) atoms. The number of para-hydroxylation sites is 2. The highest BCUT2D eigenvalue weighted by atomic mass is 16.2. The second kappa shape index (κ2) is 5.87. The van der Waals surface area contributed by atoms with Gasteiger partial charge in [-0.3, -0.25) is 9.36 Å². The van der Waals surface area contributed by atoms with Crippen LogP contribution in [0.25, 0.3) is 11.0 Å². The summed E-state index contributed by atoms with van der Waals surface area (Å²) in [5.41, 5.74) is 1.83. The summed E-state index contributed by atoms with van der Waals surface area (Å²) in [4.78, 5) is 29.8. The van der Waals surface area contributed by atoms with Gasteiger partial charge in [0.25, 0.3) is 0 Å². The summed E-state index contributed by atoms with van der Waals surface area (Å²) in [7, 11) is 0. The average molecular weight is 313 g/mol. The largest absolute Gasteiger partial charge is 0.342 e. The normalized spacial score (nSPS) is 20.4. The molecule has 0 unspecified atom stereocenters. The summed E-state index contributed by atoms with van der Waals surface area (Å²) in [5, 5.41) is 0. The number of nitrogens with one attached hydrogen (secondary N) is 1. The van der Waals surface area contributed by atoms with Crippen LogP contribution >= 0.6 is 0 Å². The van der Waals surface area contributed by atoms with Crippen molar-refractivity contribution in [3.63, 3.8) is 0 Å². The second-order valence-electron chi connectivity index (χ2n) is 6.86. The van der Waals surface area contributed by atoms with Gasteiger partial charge in [0.1, 0.15) is 0 Å². The minimum atomic E-state index is -0.0354. The number of likely N-dealkylation sites (tertiary alicyclic amines) is 1. The predicted octanol–water partition coefficient (Wildman–Crippen LogP) is 2.68. The third-order valence-corrected chi connectivity index (χ3v) is 5.47. The van der Waals surface area contributed by atoms with E-state index in [1.54, 1.807) is 0 Å². The molecule has 0 radical (unpaired) electrons. The summed E-state index contributed by atoms with van der Waals surface area (Å²) in [5.74, 6) is 0.592. The van der Waals surface area contributed by atoms with Gasteiger partial charge in [-0.15, -0.1) is 0 Å². The molecule has 1 saturated heterocycles. The number of carbonyl (C=O) groups is 1. The van der Waals surface area contributed by atoms with Crippen molar-refractivity contribution in [2.45, 2.75) is 44.6 Å². The average Bonchev–Trinajstić information content (AvgIpc) is 3.21. The topological polar surface area (TPSA) is 58.1 Å². The smallest absolute Gasteiger partial charge is 0.326 e. The monoisotopic (exact) mass is 313 g/mol. The molecule has 5 nitrogen and oxygen atoms in total. The second-order valence-corrected chi connectivity index (χ2v) is 6.86. The Bertz CT molecular complexity index is 762. The van der Waals surface area contributed by atoms with Gasteiger partial charge in [0.15, 0.2) is 0 Å². The van der Waals surface area contributed by atoms with Crippen molar-refractivity contribution < 1.29 is 4.79 Å². The van der Waals surface area contributed by atoms with E-state index in [-0.39, 0.29) is 17.6 Å². The van der Waals surface area contributed by atoms with E-state index in [1.165, 1.54) is 12.8 Å². The van der Waals surface area contributed by atoms with Gasteiger partial charge in [-0.05, 0) is 37.8 Å². The number of piperidine rings is 1. The van der Waals surface area contributed by atoms with Crippen LogP contribution in [0.3, 0.4) is 0 Å². The van der Waals surface area contributed by atoms with Gasteiger partial charge in [0.05, 0.1) is 11.0 Å². The number of hydrogen-bond acceptors (Lipinski definition) is 2. The lowest BCUT2D eigenvalue weighted by Gasteiger charge is -2.34. The van der Waals surface area contributed by atoms with Crippen molar-refractivity contribution in [2.75, 3.05) is 13.1 Å². The summed E-state index contributed by atoms with van der Waals surface area (Å²) in [6.45, 7) is 1.54. The van der Waals surface area contributed by atoms with Gasteiger partial charge in [0.2, 0.25) is 5.91 Å². The molecule has 0 spiro atoms. The summed E-state index contributed by atoms with van der Waals surface area (Å²) in [6.07, 6.45) is 6.22. The van der Waals surface area contributed by atoms with Crippen LogP contribution in [0, 0.1) is 5.92 Å². The maximum Gasteiger partial charge on any atom is 0.326 e. The number of H-pyrrole nitrogens is 1. The molecule has 2 aliphatic rings. The van der Waals surface area contributed by atoms with E-state index in [0.717, 1.165) is 49.8 Å². The van der Waals surface area contributed by atoms with Crippen molar-refractivity contribution in [3.8, 4) is 0 Å². The number of fused-ring (bicyclic) bond motifs is 1. The number of carbonyl (C=O) groups excluding carboxylic acids is 1. The Balaban J connectivity index is 1.49. The Hall–Kier alpha value is -2.04. The van der Waals surface area contributed by atoms with Crippen LogP contribution in [0.1, 0.15) is 44.6 Å². The van der Waals surface area contributed by atoms with Crippen molar-refractivity contribution in [2.24, 2.45) is 5.92 Å². The molecule has 122 valence electrons. The first-order valence-corrected chi connectivity index (χ1v) is 8.72. The quantitative estimate of drug-likeness (QED) is 0.926. The number of benzene rings is 1. The lowest BCUT2D eigenvalue weighted by atomic mass is 10.0. The summed E-state index contributed by atoms with van der Waals surface area (Å²) < 4.78 is 1.88. The molecule has 0 bridgehead atoms. The van der Waals surface area contributed by atoms with Gasteiger partial charge < -0.3 is 9.88 Å². The van der Waals surface area contributed by atoms with Crippen LogP contribution in [0.2, 0.25) is 0 Å². The highest BCUT2D eigenvalue weighted by Crippen LogP contribution is 2.30. The van der Waals surface area contributed by atoms with E-state index >= 15 is 0 Å². The number of rotatable bonds is 2. The lowest BCUT2D eigenvalue weighted by molar-refractivity contribution is -0.136. The van der Waals surface area contributed by atoms with Crippen molar-refractivity contribution >= 4 is 16.9 Å². The van der Waals surface area contributed by atoms with E-state index in [9.17, 15) is 9.59 Å². The zero-order chi connectivity index (χ0) is 15.8. The van der Waals surface area contributed by atoms with Crippen LogP contribution in [0.5, 0.6) is 0 Å².